The number of esters is 1. The molecule has 1 aliphatic carbocycles. The first-order valence-electron chi connectivity index (χ1n) is 6.76. The summed E-state index contributed by atoms with van der Waals surface area (Å²) >= 11 is 0. The van der Waals surface area contributed by atoms with Crippen LogP contribution in [0.1, 0.15) is 36.2 Å². The smallest absolute Gasteiger partial charge is 0.356 e. The molecule has 0 saturated heterocycles. The van der Waals surface area contributed by atoms with Crippen molar-refractivity contribution in [3.8, 4) is 0 Å². The standard InChI is InChI=1S/C13H18N4O4/c1-21-13(18)11-6-10(12(7-15-11)17(19)20)16-9-4-2-3-8(14)5-9/h6-9H,2-5,14H2,1H3,(H,15,16). The van der Waals surface area contributed by atoms with Gasteiger partial charge in [0.15, 0.2) is 5.69 Å². The average Bonchev–Trinajstić information content (AvgIpc) is 2.46. The average molecular weight is 294 g/mol. The van der Waals surface area contributed by atoms with Gasteiger partial charge in [0.2, 0.25) is 0 Å². The normalized spacial score (nSPS) is 21.6. The highest BCUT2D eigenvalue weighted by molar-refractivity contribution is 5.89. The predicted octanol–water partition coefficient (Wildman–Crippen LogP) is 1.46. The van der Waals surface area contributed by atoms with Crippen LogP contribution in [0.2, 0.25) is 0 Å². The second-order valence-electron chi connectivity index (χ2n) is 5.10. The molecule has 8 nitrogen and oxygen atoms in total. The van der Waals surface area contributed by atoms with E-state index < -0.39 is 10.9 Å². The van der Waals surface area contributed by atoms with Crippen molar-refractivity contribution in [1.82, 2.24) is 4.98 Å². The van der Waals surface area contributed by atoms with Gasteiger partial charge in [-0.3, -0.25) is 10.1 Å². The van der Waals surface area contributed by atoms with Gasteiger partial charge in [-0.15, -0.1) is 0 Å². The molecule has 1 aliphatic rings. The summed E-state index contributed by atoms with van der Waals surface area (Å²) in [6, 6.07) is 1.50. The highest BCUT2D eigenvalue weighted by Gasteiger charge is 2.24. The molecule has 21 heavy (non-hydrogen) atoms. The number of nitrogens with one attached hydrogen (secondary N) is 1. The number of hydrogen-bond acceptors (Lipinski definition) is 7. The lowest BCUT2D eigenvalue weighted by Gasteiger charge is -2.28. The summed E-state index contributed by atoms with van der Waals surface area (Å²) in [5.41, 5.74) is 6.06. The highest BCUT2D eigenvalue weighted by atomic mass is 16.6. The molecule has 1 heterocycles. The van der Waals surface area contributed by atoms with Crippen LogP contribution in [-0.2, 0) is 4.74 Å². The summed E-state index contributed by atoms with van der Waals surface area (Å²) in [4.78, 5) is 25.8. The molecule has 1 fully saturated rings. The van der Waals surface area contributed by atoms with Gasteiger partial charge < -0.3 is 15.8 Å². The fourth-order valence-corrected chi connectivity index (χ4v) is 2.50. The maximum atomic E-state index is 11.5. The molecule has 0 aliphatic heterocycles. The van der Waals surface area contributed by atoms with Gasteiger partial charge in [-0.05, 0) is 25.7 Å². The number of ether oxygens (including phenoxy) is 1. The lowest BCUT2D eigenvalue weighted by molar-refractivity contribution is -0.384. The number of nitro groups is 1. The van der Waals surface area contributed by atoms with E-state index in [0.717, 1.165) is 31.9 Å². The minimum Gasteiger partial charge on any atom is -0.464 e. The summed E-state index contributed by atoms with van der Waals surface area (Å²) in [5, 5.41) is 14.2. The predicted molar refractivity (Wildman–Crippen MR) is 76.1 cm³/mol. The first-order chi connectivity index (χ1) is 10.0. The van der Waals surface area contributed by atoms with Crippen LogP contribution >= 0.6 is 0 Å². The Morgan fingerprint density at radius 3 is 2.95 bits per heavy atom. The number of rotatable bonds is 4. The monoisotopic (exact) mass is 294 g/mol. The Morgan fingerprint density at radius 1 is 1.57 bits per heavy atom. The van der Waals surface area contributed by atoms with E-state index in [2.05, 4.69) is 15.0 Å². The molecule has 0 bridgehead atoms. The fraction of sp³-hybridized carbons (Fsp3) is 0.538. The van der Waals surface area contributed by atoms with Gasteiger partial charge in [0.05, 0.1) is 12.0 Å². The molecule has 0 spiro atoms. The van der Waals surface area contributed by atoms with Crippen LogP contribution in [0.25, 0.3) is 0 Å². The molecule has 2 unspecified atom stereocenters. The van der Waals surface area contributed by atoms with E-state index in [1.807, 2.05) is 0 Å². The Bertz CT molecular complexity index is 549. The summed E-state index contributed by atoms with van der Waals surface area (Å²) in [7, 11) is 1.23. The van der Waals surface area contributed by atoms with E-state index in [-0.39, 0.29) is 29.2 Å². The topological polar surface area (TPSA) is 120 Å². The molecule has 2 atom stereocenters. The molecule has 1 saturated carbocycles. The van der Waals surface area contributed by atoms with E-state index in [9.17, 15) is 14.9 Å². The molecular formula is C13H18N4O4. The van der Waals surface area contributed by atoms with E-state index in [4.69, 9.17) is 5.73 Å². The fourth-order valence-electron chi connectivity index (χ4n) is 2.50. The van der Waals surface area contributed by atoms with Crippen molar-refractivity contribution in [2.24, 2.45) is 5.73 Å². The van der Waals surface area contributed by atoms with Crippen LogP contribution in [0, 0.1) is 10.1 Å². The Labute approximate surface area is 121 Å². The molecule has 0 radical (unpaired) electrons. The summed E-state index contributed by atoms with van der Waals surface area (Å²) in [6.45, 7) is 0. The number of carbonyl (C=O) groups excluding carboxylic acids is 1. The maximum Gasteiger partial charge on any atom is 0.356 e. The molecule has 2 rings (SSSR count). The van der Waals surface area contributed by atoms with Crippen LogP contribution in [0.3, 0.4) is 0 Å². The number of anilines is 1. The number of nitrogens with two attached hydrogens (primary N) is 1. The first-order valence-corrected chi connectivity index (χ1v) is 6.76. The number of methoxy groups -OCH3 is 1. The van der Waals surface area contributed by atoms with Crippen molar-refractivity contribution in [3.05, 3.63) is 28.1 Å². The Hall–Kier alpha value is -2.22. The maximum absolute atomic E-state index is 11.5. The Morgan fingerprint density at radius 2 is 2.33 bits per heavy atom. The zero-order valence-electron chi connectivity index (χ0n) is 11.7. The molecule has 1 aromatic rings. The Kier molecular flexibility index (Phi) is 4.69. The van der Waals surface area contributed by atoms with Gasteiger partial charge in [-0.1, -0.05) is 0 Å². The zero-order valence-corrected chi connectivity index (χ0v) is 11.7. The Balaban J connectivity index is 2.25. The van der Waals surface area contributed by atoms with Crippen molar-refractivity contribution in [2.75, 3.05) is 12.4 Å². The number of pyridine rings is 1. The number of nitrogens with zero attached hydrogens (tertiary/aromatic N) is 2. The third kappa shape index (κ3) is 3.66. The molecule has 3 N–H and O–H groups in total. The molecule has 8 heteroatoms. The highest BCUT2D eigenvalue weighted by Crippen LogP contribution is 2.28. The molecule has 1 aromatic heterocycles. The van der Waals surface area contributed by atoms with Crippen molar-refractivity contribution in [1.29, 1.82) is 0 Å². The quantitative estimate of drug-likeness (QED) is 0.490. The molecule has 0 aromatic carbocycles. The minimum atomic E-state index is -0.631. The van der Waals surface area contributed by atoms with Gasteiger partial charge in [0.1, 0.15) is 11.9 Å². The summed E-state index contributed by atoms with van der Waals surface area (Å²) < 4.78 is 4.58. The largest absolute Gasteiger partial charge is 0.464 e. The van der Waals surface area contributed by atoms with Crippen LogP contribution in [-0.4, -0.2) is 35.1 Å². The van der Waals surface area contributed by atoms with Gasteiger partial charge in [-0.25, -0.2) is 9.78 Å². The van der Waals surface area contributed by atoms with Crippen molar-refractivity contribution in [2.45, 2.75) is 37.8 Å². The van der Waals surface area contributed by atoms with Gasteiger partial charge in [0, 0.05) is 18.2 Å². The lowest BCUT2D eigenvalue weighted by atomic mass is 9.91. The van der Waals surface area contributed by atoms with Crippen molar-refractivity contribution < 1.29 is 14.5 Å². The summed E-state index contributed by atoms with van der Waals surface area (Å²) in [6.07, 6.45) is 4.64. The van der Waals surface area contributed by atoms with E-state index in [1.165, 1.54) is 13.2 Å². The van der Waals surface area contributed by atoms with E-state index in [0.29, 0.717) is 0 Å². The third-order valence-corrected chi connectivity index (χ3v) is 3.55. The van der Waals surface area contributed by atoms with Gasteiger partial charge in [0.25, 0.3) is 0 Å². The first kappa shape index (κ1) is 15.2. The number of carbonyl (C=O) groups is 1. The molecular weight excluding hydrogens is 276 g/mol. The second-order valence-corrected chi connectivity index (χ2v) is 5.10. The lowest BCUT2D eigenvalue weighted by Crippen LogP contribution is -2.35. The van der Waals surface area contributed by atoms with Crippen LogP contribution in [0.15, 0.2) is 12.3 Å². The van der Waals surface area contributed by atoms with E-state index >= 15 is 0 Å². The van der Waals surface area contributed by atoms with Crippen LogP contribution in [0.4, 0.5) is 11.4 Å². The molecule has 0 amide bonds. The SMILES string of the molecule is COC(=O)c1cc(NC2CCCC(N)C2)c([N+](=O)[O-])cn1. The number of aromatic nitrogens is 1. The van der Waals surface area contributed by atoms with Gasteiger partial charge >= 0.3 is 11.7 Å². The number of hydrogen-bond donors (Lipinski definition) is 2. The molecule has 114 valence electrons. The summed E-state index contributed by atoms with van der Waals surface area (Å²) in [5.74, 6) is -0.631. The van der Waals surface area contributed by atoms with Crippen molar-refractivity contribution >= 4 is 17.3 Å². The second kappa shape index (κ2) is 6.49. The van der Waals surface area contributed by atoms with Crippen LogP contribution < -0.4 is 11.1 Å². The minimum absolute atomic E-state index is 0.0331. The van der Waals surface area contributed by atoms with Crippen molar-refractivity contribution in [3.63, 3.8) is 0 Å². The zero-order chi connectivity index (χ0) is 15.4. The third-order valence-electron chi connectivity index (χ3n) is 3.55. The van der Waals surface area contributed by atoms with Crippen LogP contribution in [0.5, 0.6) is 0 Å². The van der Waals surface area contributed by atoms with E-state index in [1.54, 1.807) is 0 Å². The van der Waals surface area contributed by atoms with Gasteiger partial charge in [-0.2, -0.15) is 0 Å².